The maximum atomic E-state index is 11.0. The summed E-state index contributed by atoms with van der Waals surface area (Å²) in [7, 11) is 0. The van der Waals surface area contributed by atoms with Gasteiger partial charge in [-0.05, 0) is 34.3 Å². The first kappa shape index (κ1) is 12.8. The molecule has 0 bridgehead atoms. The largest absolute Gasteiger partial charge is 0.457 e. The van der Waals surface area contributed by atoms with Crippen molar-refractivity contribution in [1.82, 2.24) is 0 Å². The molecule has 86 valence electrons. The van der Waals surface area contributed by atoms with Crippen molar-refractivity contribution in [2.75, 3.05) is 6.61 Å². The van der Waals surface area contributed by atoms with E-state index >= 15 is 0 Å². The van der Waals surface area contributed by atoms with Crippen LogP contribution in [0.2, 0.25) is 0 Å². The monoisotopic (exact) mass is 274 g/mol. The molecular formula is C12H19BrO2. The van der Waals surface area contributed by atoms with Gasteiger partial charge in [-0.1, -0.05) is 39.0 Å². The zero-order valence-corrected chi connectivity index (χ0v) is 10.9. The average Bonchev–Trinajstić information content (AvgIpc) is 2.54. The summed E-state index contributed by atoms with van der Waals surface area (Å²) in [5, 5.41) is 0. The van der Waals surface area contributed by atoms with Gasteiger partial charge in [0.05, 0.1) is 0 Å². The molecular weight excluding hydrogens is 256 g/mol. The topological polar surface area (TPSA) is 26.3 Å². The van der Waals surface area contributed by atoms with Crippen LogP contribution in [0.3, 0.4) is 0 Å². The van der Waals surface area contributed by atoms with Gasteiger partial charge in [-0.25, -0.2) is 4.79 Å². The van der Waals surface area contributed by atoms with E-state index in [1.807, 2.05) is 0 Å². The SMILES string of the molecule is CCCCCCCCC1=C(Br)C(=O)OC1. The molecule has 0 spiro atoms. The Morgan fingerprint density at radius 1 is 1.20 bits per heavy atom. The fraction of sp³-hybridized carbons (Fsp3) is 0.750. The molecule has 0 atom stereocenters. The molecule has 0 aliphatic carbocycles. The molecule has 0 unspecified atom stereocenters. The summed E-state index contributed by atoms with van der Waals surface area (Å²) >= 11 is 3.27. The van der Waals surface area contributed by atoms with Crippen molar-refractivity contribution in [3.63, 3.8) is 0 Å². The van der Waals surface area contributed by atoms with Crippen LogP contribution in [0, 0.1) is 0 Å². The van der Waals surface area contributed by atoms with E-state index < -0.39 is 0 Å². The molecule has 0 aromatic heterocycles. The maximum absolute atomic E-state index is 11.0. The van der Waals surface area contributed by atoms with Crippen molar-refractivity contribution >= 4 is 21.9 Å². The van der Waals surface area contributed by atoms with E-state index in [9.17, 15) is 4.79 Å². The molecule has 0 radical (unpaired) electrons. The van der Waals surface area contributed by atoms with Gasteiger partial charge in [0.15, 0.2) is 0 Å². The first-order valence-electron chi connectivity index (χ1n) is 5.80. The molecule has 0 saturated heterocycles. The molecule has 2 nitrogen and oxygen atoms in total. The van der Waals surface area contributed by atoms with Crippen LogP contribution in [-0.2, 0) is 9.53 Å². The van der Waals surface area contributed by atoms with Gasteiger partial charge in [0, 0.05) is 0 Å². The van der Waals surface area contributed by atoms with Crippen molar-refractivity contribution in [2.45, 2.75) is 51.9 Å². The second-order valence-corrected chi connectivity index (χ2v) is 4.80. The normalized spacial score (nSPS) is 16.0. The highest BCUT2D eigenvalue weighted by molar-refractivity contribution is 9.12. The lowest BCUT2D eigenvalue weighted by Crippen LogP contribution is -1.93. The van der Waals surface area contributed by atoms with E-state index in [2.05, 4.69) is 22.9 Å². The average molecular weight is 275 g/mol. The summed E-state index contributed by atoms with van der Waals surface area (Å²) in [5.41, 5.74) is 1.13. The number of rotatable bonds is 7. The Morgan fingerprint density at radius 2 is 1.87 bits per heavy atom. The third kappa shape index (κ3) is 4.37. The van der Waals surface area contributed by atoms with Crippen molar-refractivity contribution in [1.29, 1.82) is 0 Å². The lowest BCUT2D eigenvalue weighted by molar-refractivity contribution is -0.135. The molecule has 3 heteroatoms. The number of unbranched alkanes of at least 4 members (excludes halogenated alkanes) is 5. The lowest BCUT2D eigenvalue weighted by Gasteiger charge is -2.01. The number of hydrogen-bond acceptors (Lipinski definition) is 2. The van der Waals surface area contributed by atoms with Gasteiger partial charge in [0.25, 0.3) is 0 Å². The van der Waals surface area contributed by atoms with Gasteiger partial charge in [-0.2, -0.15) is 0 Å². The molecule has 1 aliphatic rings. The van der Waals surface area contributed by atoms with Crippen LogP contribution in [0.5, 0.6) is 0 Å². The Balaban J connectivity index is 2.08. The van der Waals surface area contributed by atoms with E-state index in [0.29, 0.717) is 11.1 Å². The summed E-state index contributed by atoms with van der Waals surface area (Å²) in [6.45, 7) is 2.72. The number of ether oxygens (including phenoxy) is 1. The molecule has 0 saturated carbocycles. The maximum Gasteiger partial charge on any atom is 0.345 e. The van der Waals surface area contributed by atoms with Gasteiger partial charge in [-0.15, -0.1) is 0 Å². The second kappa shape index (κ2) is 7.04. The van der Waals surface area contributed by atoms with Crippen molar-refractivity contribution in [2.24, 2.45) is 0 Å². The van der Waals surface area contributed by atoms with Crippen LogP contribution < -0.4 is 0 Å². The number of esters is 1. The summed E-state index contributed by atoms with van der Waals surface area (Å²) < 4.78 is 5.58. The minimum Gasteiger partial charge on any atom is -0.457 e. The number of carbonyl (C=O) groups excluding carboxylic acids is 1. The fourth-order valence-electron chi connectivity index (χ4n) is 1.72. The molecule has 0 aromatic rings. The molecule has 15 heavy (non-hydrogen) atoms. The predicted octanol–water partition coefficient (Wildman–Crippen LogP) is 3.94. The summed E-state index contributed by atoms with van der Waals surface area (Å²) in [4.78, 5) is 11.0. The van der Waals surface area contributed by atoms with E-state index in [-0.39, 0.29) is 5.97 Å². The Hall–Kier alpha value is -0.310. The first-order chi connectivity index (χ1) is 7.25. The van der Waals surface area contributed by atoms with Crippen LogP contribution >= 0.6 is 15.9 Å². The van der Waals surface area contributed by atoms with Crippen LogP contribution in [0.25, 0.3) is 0 Å². The Bertz CT molecular complexity index is 246. The van der Waals surface area contributed by atoms with E-state index in [4.69, 9.17) is 4.74 Å². The minimum atomic E-state index is -0.198. The quantitative estimate of drug-likeness (QED) is 0.519. The number of carbonyl (C=O) groups is 1. The third-order valence-electron chi connectivity index (χ3n) is 2.70. The highest BCUT2D eigenvalue weighted by Crippen LogP contribution is 2.25. The van der Waals surface area contributed by atoms with Crippen molar-refractivity contribution < 1.29 is 9.53 Å². The molecule has 0 fully saturated rings. The number of cyclic esters (lactones) is 1. The molecule has 1 heterocycles. The summed E-state index contributed by atoms with van der Waals surface area (Å²) in [6, 6.07) is 0. The lowest BCUT2D eigenvalue weighted by atomic mass is 10.1. The van der Waals surface area contributed by atoms with Crippen LogP contribution in [0.15, 0.2) is 10.1 Å². The van der Waals surface area contributed by atoms with Crippen LogP contribution in [0.4, 0.5) is 0 Å². The zero-order valence-electron chi connectivity index (χ0n) is 9.35. The predicted molar refractivity (Wildman–Crippen MR) is 64.9 cm³/mol. The minimum absolute atomic E-state index is 0.198. The van der Waals surface area contributed by atoms with Gasteiger partial charge < -0.3 is 4.74 Å². The second-order valence-electron chi connectivity index (χ2n) is 4.01. The van der Waals surface area contributed by atoms with E-state index in [1.54, 1.807) is 0 Å². The summed E-state index contributed by atoms with van der Waals surface area (Å²) in [5.74, 6) is -0.198. The Morgan fingerprint density at radius 3 is 2.47 bits per heavy atom. The van der Waals surface area contributed by atoms with Gasteiger partial charge >= 0.3 is 5.97 Å². The highest BCUT2D eigenvalue weighted by Gasteiger charge is 2.21. The van der Waals surface area contributed by atoms with Gasteiger partial charge in [0.1, 0.15) is 11.1 Å². The standard InChI is InChI=1S/C12H19BrO2/c1-2-3-4-5-6-7-8-10-9-15-12(14)11(10)13/h2-9H2,1H3. The summed E-state index contributed by atoms with van der Waals surface area (Å²) in [6.07, 6.45) is 8.72. The smallest absolute Gasteiger partial charge is 0.345 e. The van der Waals surface area contributed by atoms with Gasteiger partial charge in [0.2, 0.25) is 0 Å². The molecule has 0 amide bonds. The fourth-order valence-corrected chi connectivity index (χ4v) is 2.15. The number of halogens is 1. The zero-order chi connectivity index (χ0) is 11.1. The third-order valence-corrected chi connectivity index (χ3v) is 3.58. The van der Waals surface area contributed by atoms with Crippen molar-refractivity contribution in [3.8, 4) is 0 Å². The molecule has 0 N–H and O–H groups in total. The first-order valence-corrected chi connectivity index (χ1v) is 6.59. The Kier molecular flexibility index (Phi) is 5.99. The van der Waals surface area contributed by atoms with Crippen LogP contribution in [-0.4, -0.2) is 12.6 Å². The van der Waals surface area contributed by atoms with E-state index in [1.165, 1.54) is 38.5 Å². The highest BCUT2D eigenvalue weighted by atomic mass is 79.9. The van der Waals surface area contributed by atoms with Crippen molar-refractivity contribution in [3.05, 3.63) is 10.1 Å². The number of hydrogen-bond donors (Lipinski definition) is 0. The van der Waals surface area contributed by atoms with E-state index in [0.717, 1.165) is 12.0 Å². The van der Waals surface area contributed by atoms with Crippen LogP contribution in [0.1, 0.15) is 51.9 Å². The van der Waals surface area contributed by atoms with Gasteiger partial charge in [-0.3, -0.25) is 0 Å². The molecule has 1 rings (SSSR count). The molecule has 0 aromatic carbocycles. The molecule has 1 aliphatic heterocycles. The Labute approximate surface area is 100 Å².